The smallest absolute Gasteiger partial charge is 0.305 e. The zero-order chi connectivity index (χ0) is 17.5. The fraction of sp³-hybridized carbons (Fsp3) is 0.118. The molecule has 7 nitrogen and oxygen atoms in total. The Kier molecular flexibility index (Phi) is 5.51. The number of rotatable bonds is 6. The van der Waals surface area contributed by atoms with E-state index in [1.165, 1.54) is 24.3 Å². The Bertz CT molecular complexity index is 766. The standard InChI is InChI=1S/C17H16N2O5.2H2/c20-14-4-2-1-3-13(14)17(24)19-12-7-5-11(6-8-12)16(23)18-10-9-15(21)22;;/h1-8,20H,9-10H2,(H,18,23)(H,19,24)(H,21,22);2*1H. The molecule has 24 heavy (non-hydrogen) atoms. The number of aliphatic carboxylic acids is 1. The van der Waals surface area contributed by atoms with Gasteiger partial charge in [-0.2, -0.15) is 0 Å². The normalized spacial score (nSPS) is 10.0. The maximum absolute atomic E-state index is 12.1. The van der Waals surface area contributed by atoms with Crippen molar-refractivity contribution in [1.29, 1.82) is 0 Å². The van der Waals surface area contributed by atoms with Crippen LogP contribution in [0.5, 0.6) is 5.75 Å². The number of nitrogens with one attached hydrogen (secondary N) is 2. The highest BCUT2D eigenvalue weighted by atomic mass is 16.4. The summed E-state index contributed by atoms with van der Waals surface area (Å²) in [6.45, 7) is 0.0416. The number of hydrogen-bond acceptors (Lipinski definition) is 4. The molecule has 0 fully saturated rings. The van der Waals surface area contributed by atoms with Crippen LogP contribution in [0.2, 0.25) is 0 Å². The number of hydrogen-bond donors (Lipinski definition) is 4. The van der Waals surface area contributed by atoms with Crippen molar-refractivity contribution in [3.05, 3.63) is 59.7 Å². The molecule has 0 radical (unpaired) electrons. The number of benzene rings is 2. The Morgan fingerprint density at radius 1 is 0.958 bits per heavy atom. The van der Waals surface area contributed by atoms with Crippen LogP contribution in [0.1, 0.15) is 30.0 Å². The fourth-order valence-electron chi connectivity index (χ4n) is 1.95. The lowest BCUT2D eigenvalue weighted by atomic mass is 10.1. The summed E-state index contributed by atoms with van der Waals surface area (Å²) >= 11 is 0. The maximum Gasteiger partial charge on any atom is 0.305 e. The van der Waals surface area contributed by atoms with E-state index in [1.807, 2.05) is 0 Å². The molecule has 0 spiro atoms. The summed E-state index contributed by atoms with van der Waals surface area (Å²) in [6, 6.07) is 12.3. The first-order valence-corrected chi connectivity index (χ1v) is 7.17. The van der Waals surface area contributed by atoms with Gasteiger partial charge in [0.2, 0.25) is 0 Å². The molecule has 0 aromatic heterocycles. The molecule has 2 amide bonds. The van der Waals surface area contributed by atoms with Gasteiger partial charge >= 0.3 is 5.97 Å². The molecule has 0 saturated heterocycles. The first-order chi connectivity index (χ1) is 11.5. The summed E-state index contributed by atoms with van der Waals surface area (Å²) in [5.74, 6) is -1.97. The molecule has 0 aliphatic rings. The monoisotopic (exact) mass is 332 g/mol. The van der Waals surface area contributed by atoms with E-state index in [1.54, 1.807) is 24.3 Å². The minimum absolute atomic E-state index is 0. The highest BCUT2D eigenvalue weighted by molar-refractivity contribution is 6.06. The molecule has 2 rings (SSSR count). The van der Waals surface area contributed by atoms with Crippen molar-refractivity contribution in [2.75, 3.05) is 11.9 Å². The van der Waals surface area contributed by atoms with Crippen LogP contribution in [-0.4, -0.2) is 34.5 Å². The molecule has 4 N–H and O–H groups in total. The molecule has 0 aliphatic heterocycles. The van der Waals surface area contributed by atoms with E-state index >= 15 is 0 Å². The summed E-state index contributed by atoms with van der Waals surface area (Å²) in [4.78, 5) is 34.3. The van der Waals surface area contributed by atoms with E-state index in [9.17, 15) is 19.5 Å². The number of amides is 2. The third-order valence-corrected chi connectivity index (χ3v) is 3.18. The van der Waals surface area contributed by atoms with Gasteiger partial charge in [0.15, 0.2) is 0 Å². The van der Waals surface area contributed by atoms with Gasteiger partial charge in [-0.05, 0) is 36.4 Å². The second-order valence-corrected chi connectivity index (χ2v) is 4.95. The Morgan fingerprint density at radius 3 is 2.25 bits per heavy atom. The first kappa shape index (κ1) is 17.0. The van der Waals surface area contributed by atoms with Crippen molar-refractivity contribution in [2.24, 2.45) is 0 Å². The molecule has 0 unspecified atom stereocenters. The third-order valence-electron chi connectivity index (χ3n) is 3.18. The largest absolute Gasteiger partial charge is 0.507 e. The molecule has 0 heterocycles. The zero-order valence-corrected chi connectivity index (χ0v) is 12.7. The van der Waals surface area contributed by atoms with Gasteiger partial charge in [0.1, 0.15) is 5.75 Å². The van der Waals surface area contributed by atoms with Crippen molar-refractivity contribution in [3.63, 3.8) is 0 Å². The van der Waals surface area contributed by atoms with E-state index in [0.29, 0.717) is 11.3 Å². The number of aromatic hydroxyl groups is 1. The quantitative estimate of drug-likeness (QED) is 0.648. The lowest BCUT2D eigenvalue weighted by molar-refractivity contribution is -0.136. The summed E-state index contributed by atoms with van der Waals surface area (Å²) in [5, 5.41) is 23.3. The number of phenols is 1. The molecule has 128 valence electrons. The summed E-state index contributed by atoms with van der Waals surface area (Å²) in [5.41, 5.74) is 0.958. The minimum atomic E-state index is -0.988. The topological polar surface area (TPSA) is 116 Å². The molecule has 0 aliphatic carbocycles. The predicted molar refractivity (Wildman–Crippen MR) is 91.3 cm³/mol. The second-order valence-electron chi connectivity index (χ2n) is 4.95. The maximum atomic E-state index is 12.1. The van der Waals surface area contributed by atoms with Crippen molar-refractivity contribution in [2.45, 2.75) is 6.42 Å². The van der Waals surface area contributed by atoms with Crippen LogP contribution >= 0.6 is 0 Å². The van der Waals surface area contributed by atoms with Crippen LogP contribution < -0.4 is 10.6 Å². The van der Waals surface area contributed by atoms with E-state index in [0.717, 1.165) is 0 Å². The lowest BCUT2D eigenvalue weighted by Gasteiger charge is -2.08. The third kappa shape index (κ3) is 4.57. The number of carbonyl (C=O) groups excluding carboxylic acids is 2. The average Bonchev–Trinajstić information content (AvgIpc) is 2.55. The van der Waals surface area contributed by atoms with Gasteiger partial charge in [-0.3, -0.25) is 14.4 Å². The molecule has 2 aromatic rings. The summed E-state index contributed by atoms with van der Waals surface area (Å²) in [7, 11) is 0. The Hall–Kier alpha value is -3.35. The Labute approximate surface area is 140 Å². The zero-order valence-electron chi connectivity index (χ0n) is 12.7. The number of para-hydroxylation sites is 1. The Morgan fingerprint density at radius 2 is 1.62 bits per heavy atom. The van der Waals surface area contributed by atoms with Crippen LogP contribution in [0.4, 0.5) is 5.69 Å². The lowest BCUT2D eigenvalue weighted by Crippen LogP contribution is -2.25. The van der Waals surface area contributed by atoms with E-state index in [-0.39, 0.29) is 27.1 Å². The predicted octanol–water partition coefficient (Wildman–Crippen LogP) is 2.34. The van der Waals surface area contributed by atoms with Crippen molar-refractivity contribution >= 4 is 23.5 Å². The highest BCUT2D eigenvalue weighted by Crippen LogP contribution is 2.18. The molecule has 7 heteroatoms. The van der Waals surface area contributed by atoms with Gasteiger partial charge in [0.25, 0.3) is 11.8 Å². The molecule has 0 bridgehead atoms. The number of carboxylic acids is 1. The Balaban J connectivity index is 0.00000312. The van der Waals surface area contributed by atoms with Crippen LogP contribution in [0, 0.1) is 0 Å². The van der Waals surface area contributed by atoms with Gasteiger partial charge in [-0.1, -0.05) is 12.1 Å². The fourth-order valence-corrected chi connectivity index (χ4v) is 1.95. The SMILES string of the molecule is O=C(O)CCNC(=O)c1ccc(NC(=O)c2ccccc2O)cc1.[HH].[HH]. The molecule has 0 atom stereocenters. The van der Waals surface area contributed by atoms with Gasteiger partial charge in [-0.25, -0.2) is 0 Å². The van der Waals surface area contributed by atoms with Crippen LogP contribution in [0.3, 0.4) is 0 Å². The molecule has 0 saturated carbocycles. The molecular formula is C17H20N2O5. The summed E-state index contributed by atoms with van der Waals surface area (Å²) in [6.07, 6.45) is -0.152. The van der Waals surface area contributed by atoms with E-state index in [4.69, 9.17) is 5.11 Å². The summed E-state index contributed by atoms with van der Waals surface area (Å²) < 4.78 is 0. The molecular weight excluding hydrogens is 312 g/mol. The van der Waals surface area contributed by atoms with E-state index < -0.39 is 17.8 Å². The second kappa shape index (κ2) is 7.77. The van der Waals surface area contributed by atoms with Gasteiger partial charge < -0.3 is 20.8 Å². The minimum Gasteiger partial charge on any atom is -0.507 e. The molecule has 2 aromatic carbocycles. The number of phenolic OH excluding ortho intramolecular Hbond substituents is 1. The number of carbonyl (C=O) groups is 3. The highest BCUT2D eigenvalue weighted by Gasteiger charge is 2.11. The van der Waals surface area contributed by atoms with Crippen molar-refractivity contribution in [3.8, 4) is 5.75 Å². The van der Waals surface area contributed by atoms with Gasteiger partial charge in [0.05, 0.1) is 12.0 Å². The van der Waals surface area contributed by atoms with Crippen molar-refractivity contribution in [1.82, 2.24) is 5.32 Å². The van der Waals surface area contributed by atoms with Crippen LogP contribution in [0.15, 0.2) is 48.5 Å². The first-order valence-electron chi connectivity index (χ1n) is 7.17. The van der Waals surface area contributed by atoms with Crippen molar-refractivity contribution < 1.29 is 27.4 Å². The van der Waals surface area contributed by atoms with Gasteiger partial charge in [-0.15, -0.1) is 0 Å². The average molecular weight is 332 g/mol. The van der Waals surface area contributed by atoms with Crippen LogP contribution in [0.25, 0.3) is 0 Å². The number of anilines is 1. The number of carboxylic acid groups (broad SMARTS) is 1. The van der Waals surface area contributed by atoms with Crippen LogP contribution in [-0.2, 0) is 4.79 Å². The van der Waals surface area contributed by atoms with Gasteiger partial charge in [0, 0.05) is 20.6 Å². The van der Waals surface area contributed by atoms with E-state index in [2.05, 4.69) is 10.6 Å².